The number of benzene rings is 2. The van der Waals surface area contributed by atoms with Crippen LogP contribution < -0.4 is 14.2 Å². The van der Waals surface area contributed by atoms with Gasteiger partial charge in [0.05, 0.1) is 20.8 Å². The summed E-state index contributed by atoms with van der Waals surface area (Å²) in [5, 5.41) is 0. The molecule has 0 radical (unpaired) electrons. The maximum absolute atomic E-state index is 12.1. The standard InChI is InChI=1S/C20H19NO5/c1-4-25-17-9-8-13(11-18(17)24-3)10-16-20(22)26-19(21-16)14-6-5-7-15(12-14)23-2/h5-12H,4H2,1-3H3. The molecule has 1 aliphatic heterocycles. The van der Waals surface area contributed by atoms with E-state index >= 15 is 0 Å². The van der Waals surface area contributed by atoms with Crippen LogP contribution in [0.15, 0.2) is 53.2 Å². The van der Waals surface area contributed by atoms with E-state index in [0.29, 0.717) is 29.4 Å². The summed E-state index contributed by atoms with van der Waals surface area (Å²) in [4.78, 5) is 16.5. The van der Waals surface area contributed by atoms with E-state index in [4.69, 9.17) is 18.9 Å². The largest absolute Gasteiger partial charge is 0.497 e. The lowest BCUT2D eigenvalue weighted by Gasteiger charge is -2.09. The second kappa shape index (κ2) is 7.74. The van der Waals surface area contributed by atoms with Gasteiger partial charge in [-0.15, -0.1) is 0 Å². The van der Waals surface area contributed by atoms with Gasteiger partial charge in [0.2, 0.25) is 5.90 Å². The molecule has 0 bridgehead atoms. The third kappa shape index (κ3) is 3.69. The highest BCUT2D eigenvalue weighted by atomic mass is 16.6. The van der Waals surface area contributed by atoms with E-state index in [1.807, 2.05) is 25.1 Å². The molecule has 0 saturated heterocycles. The van der Waals surface area contributed by atoms with Crippen LogP contribution >= 0.6 is 0 Å². The van der Waals surface area contributed by atoms with Crippen molar-refractivity contribution in [1.29, 1.82) is 0 Å². The Labute approximate surface area is 151 Å². The van der Waals surface area contributed by atoms with E-state index < -0.39 is 5.97 Å². The smallest absolute Gasteiger partial charge is 0.363 e. The first-order valence-electron chi connectivity index (χ1n) is 8.12. The zero-order chi connectivity index (χ0) is 18.5. The van der Waals surface area contributed by atoms with E-state index in [9.17, 15) is 4.79 Å². The molecular formula is C20H19NO5. The summed E-state index contributed by atoms with van der Waals surface area (Å²) in [6.07, 6.45) is 1.65. The number of ether oxygens (including phenoxy) is 4. The molecule has 1 heterocycles. The van der Waals surface area contributed by atoms with Crippen molar-refractivity contribution in [2.24, 2.45) is 4.99 Å². The first-order valence-corrected chi connectivity index (χ1v) is 8.12. The van der Waals surface area contributed by atoms with Gasteiger partial charge in [0.1, 0.15) is 5.75 Å². The zero-order valence-electron chi connectivity index (χ0n) is 14.8. The Balaban J connectivity index is 1.91. The number of carbonyl (C=O) groups is 1. The first-order chi connectivity index (χ1) is 12.6. The van der Waals surface area contributed by atoms with Crippen LogP contribution in [-0.2, 0) is 9.53 Å². The SMILES string of the molecule is CCOc1ccc(C=C2N=C(c3cccc(OC)c3)OC2=O)cc1OC. The van der Waals surface area contributed by atoms with Gasteiger partial charge in [-0.05, 0) is 48.9 Å². The Bertz CT molecular complexity index is 886. The molecule has 0 aromatic heterocycles. The molecule has 26 heavy (non-hydrogen) atoms. The van der Waals surface area contributed by atoms with Gasteiger partial charge in [-0.25, -0.2) is 9.79 Å². The second-order valence-electron chi connectivity index (χ2n) is 5.41. The summed E-state index contributed by atoms with van der Waals surface area (Å²) in [6, 6.07) is 12.6. The van der Waals surface area contributed by atoms with Crippen molar-refractivity contribution in [2.75, 3.05) is 20.8 Å². The maximum atomic E-state index is 12.1. The molecule has 0 aliphatic carbocycles. The predicted octanol–water partition coefficient (Wildman–Crippen LogP) is 3.45. The Morgan fingerprint density at radius 2 is 1.92 bits per heavy atom. The lowest BCUT2D eigenvalue weighted by atomic mass is 10.1. The molecule has 6 nitrogen and oxygen atoms in total. The monoisotopic (exact) mass is 353 g/mol. The third-order valence-electron chi connectivity index (χ3n) is 3.73. The highest BCUT2D eigenvalue weighted by Crippen LogP contribution is 2.30. The third-order valence-corrected chi connectivity index (χ3v) is 3.73. The van der Waals surface area contributed by atoms with Gasteiger partial charge in [0, 0.05) is 5.56 Å². The number of esters is 1. The summed E-state index contributed by atoms with van der Waals surface area (Å²) < 4.78 is 21.3. The minimum Gasteiger partial charge on any atom is -0.497 e. The maximum Gasteiger partial charge on any atom is 0.363 e. The zero-order valence-corrected chi connectivity index (χ0v) is 14.8. The number of carbonyl (C=O) groups excluding carboxylic acids is 1. The molecule has 134 valence electrons. The summed E-state index contributed by atoms with van der Waals surface area (Å²) in [5.74, 6) is 1.64. The van der Waals surface area contributed by atoms with Crippen molar-refractivity contribution in [2.45, 2.75) is 6.92 Å². The van der Waals surface area contributed by atoms with Crippen molar-refractivity contribution in [3.8, 4) is 17.2 Å². The molecule has 0 atom stereocenters. The molecule has 0 N–H and O–H groups in total. The molecule has 0 amide bonds. The van der Waals surface area contributed by atoms with Gasteiger partial charge < -0.3 is 18.9 Å². The molecule has 0 spiro atoms. The van der Waals surface area contributed by atoms with Crippen LogP contribution in [-0.4, -0.2) is 32.7 Å². The molecule has 0 saturated carbocycles. The Hall–Kier alpha value is -3.28. The topological polar surface area (TPSA) is 66.3 Å². The summed E-state index contributed by atoms with van der Waals surface area (Å²) in [7, 11) is 3.14. The lowest BCUT2D eigenvalue weighted by molar-refractivity contribution is -0.129. The minimum absolute atomic E-state index is 0.217. The van der Waals surface area contributed by atoms with Crippen LogP contribution in [0, 0.1) is 0 Å². The molecule has 2 aromatic rings. The number of aliphatic imine (C=N–C) groups is 1. The van der Waals surface area contributed by atoms with Crippen molar-refractivity contribution in [3.05, 3.63) is 59.3 Å². The van der Waals surface area contributed by atoms with Gasteiger partial charge in [-0.2, -0.15) is 0 Å². The molecule has 6 heteroatoms. The summed E-state index contributed by atoms with van der Waals surface area (Å²) >= 11 is 0. The highest BCUT2D eigenvalue weighted by molar-refractivity contribution is 6.13. The van der Waals surface area contributed by atoms with Gasteiger partial charge in [0.25, 0.3) is 0 Å². The second-order valence-corrected chi connectivity index (χ2v) is 5.41. The van der Waals surface area contributed by atoms with Gasteiger partial charge in [-0.3, -0.25) is 0 Å². The number of methoxy groups -OCH3 is 2. The molecule has 2 aromatic carbocycles. The Morgan fingerprint density at radius 3 is 2.65 bits per heavy atom. The summed E-state index contributed by atoms with van der Waals surface area (Å²) in [5.41, 5.74) is 1.65. The first kappa shape index (κ1) is 17.5. The van der Waals surface area contributed by atoms with Crippen molar-refractivity contribution >= 4 is 17.9 Å². The van der Waals surface area contributed by atoms with E-state index in [2.05, 4.69) is 4.99 Å². The molecule has 0 unspecified atom stereocenters. The van der Waals surface area contributed by atoms with Gasteiger partial charge >= 0.3 is 5.97 Å². The van der Waals surface area contributed by atoms with E-state index in [0.717, 1.165) is 5.56 Å². The van der Waals surface area contributed by atoms with E-state index in [1.165, 1.54) is 0 Å². The highest BCUT2D eigenvalue weighted by Gasteiger charge is 2.24. The summed E-state index contributed by atoms with van der Waals surface area (Å²) in [6.45, 7) is 2.44. The van der Waals surface area contributed by atoms with Crippen LogP contribution in [0.1, 0.15) is 18.1 Å². The van der Waals surface area contributed by atoms with Crippen LogP contribution in [0.4, 0.5) is 0 Å². The van der Waals surface area contributed by atoms with E-state index in [1.54, 1.807) is 44.6 Å². The number of cyclic esters (lactones) is 1. The number of rotatable bonds is 6. The number of hydrogen-bond donors (Lipinski definition) is 0. The van der Waals surface area contributed by atoms with E-state index in [-0.39, 0.29) is 11.6 Å². The van der Waals surface area contributed by atoms with Crippen molar-refractivity contribution in [1.82, 2.24) is 0 Å². The van der Waals surface area contributed by atoms with Gasteiger partial charge in [0.15, 0.2) is 17.2 Å². The normalized spacial score (nSPS) is 14.8. The van der Waals surface area contributed by atoms with Gasteiger partial charge in [-0.1, -0.05) is 12.1 Å². The lowest BCUT2D eigenvalue weighted by Crippen LogP contribution is -2.05. The average Bonchev–Trinajstić information content (AvgIpc) is 3.03. The van der Waals surface area contributed by atoms with Crippen LogP contribution in [0.5, 0.6) is 17.2 Å². The van der Waals surface area contributed by atoms with Crippen molar-refractivity contribution < 1.29 is 23.7 Å². The number of hydrogen-bond acceptors (Lipinski definition) is 6. The van der Waals surface area contributed by atoms with Crippen LogP contribution in [0.2, 0.25) is 0 Å². The fourth-order valence-corrected chi connectivity index (χ4v) is 2.50. The fourth-order valence-electron chi connectivity index (χ4n) is 2.50. The molecule has 3 rings (SSSR count). The molecular weight excluding hydrogens is 334 g/mol. The average molecular weight is 353 g/mol. The molecule has 0 fully saturated rings. The Morgan fingerprint density at radius 1 is 1.08 bits per heavy atom. The quantitative estimate of drug-likeness (QED) is 0.588. The minimum atomic E-state index is -0.504. The van der Waals surface area contributed by atoms with Crippen molar-refractivity contribution in [3.63, 3.8) is 0 Å². The number of nitrogens with zero attached hydrogens (tertiary/aromatic N) is 1. The fraction of sp³-hybridized carbons (Fsp3) is 0.200. The molecule has 1 aliphatic rings. The Kier molecular flexibility index (Phi) is 5.22. The van der Waals surface area contributed by atoms with Crippen LogP contribution in [0.25, 0.3) is 6.08 Å². The predicted molar refractivity (Wildman–Crippen MR) is 97.8 cm³/mol. The van der Waals surface area contributed by atoms with Crippen LogP contribution in [0.3, 0.4) is 0 Å².